The predicted molar refractivity (Wildman–Crippen MR) is 79.7 cm³/mol. The lowest BCUT2D eigenvalue weighted by Crippen LogP contribution is -2.43. The minimum Gasteiger partial charge on any atom is -0.487 e. The van der Waals surface area contributed by atoms with Gasteiger partial charge in [0.2, 0.25) is 0 Å². The van der Waals surface area contributed by atoms with Crippen LogP contribution in [0.2, 0.25) is 0 Å². The number of ether oxygens (including phenoxy) is 1. The first kappa shape index (κ1) is 13.4. The fraction of sp³-hybridized carbons (Fsp3) is 0.471. The lowest BCUT2D eigenvalue weighted by Gasteiger charge is -2.36. The van der Waals surface area contributed by atoms with E-state index in [0.717, 1.165) is 29.5 Å². The van der Waals surface area contributed by atoms with Crippen LogP contribution >= 0.6 is 0 Å². The third kappa shape index (κ3) is 2.63. The summed E-state index contributed by atoms with van der Waals surface area (Å²) in [6, 6.07) is 9.89. The number of pyridine rings is 1. The van der Waals surface area contributed by atoms with Crippen molar-refractivity contribution in [1.29, 1.82) is 0 Å². The van der Waals surface area contributed by atoms with Gasteiger partial charge in [0.15, 0.2) is 0 Å². The van der Waals surface area contributed by atoms with Crippen LogP contribution in [0.4, 0.5) is 0 Å². The van der Waals surface area contributed by atoms with E-state index in [1.807, 2.05) is 30.3 Å². The number of benzene rings is 1. The Kier molecular flexibility index (Phi) is 3.62. The van der Waals surface area contributed by atoms with Crippen molar-refractivity contribution in [3.8, 4) is 5.75 Å². The molecule has 1 aromatic carbocycles. The molecule has 0 saturated heterocycles. The Hall–Kier alpha value is -1.61. The molecule has 0 radical (unpaired) electrons. The topological polar surface area (TPSA) is 42.4 Å². The van der Waals surface area contributed by atoms with Crippen LogP contribution in [0.3, 0.4) is 0 Å². The fourth-order valence-corrected chi connectivity index (χ4v) is 3.26. The first-order chi connectivity index (χ1) is 9.63. The molecule has 1 saturated carbocycles. The van der Waals surface area contributed by atoms with Crippen molar-refractivity contribution in [2.75, 3.05) is 0 Å². The summed E-state index contributed by atoms with van der Waals surface area (Å²) in [7, 11) is 0. The molecule has 1 aliphatic rings. The average molecular weight is 271 g/mol. The lowest BCUT2D eigenvalue weighted by atomic mass is 9.79. The average Bonchev–Trinajstić information content (AvgIpc) is 2.42. The monoisotopic (exact) mass is 271 g/mol. The van der Waals surface area contributed by atoms with Crippen LogP contribution in [0, 0.1) is 11.8 Å². The number of nitrogens with zero attached hydrogens (tertiary/aromatic N) is 1. The molecule has 20 heavy (non-hydrogen) atoms. The van der Waals surface area contributed by atoms with Gasteiger partial charge in [-0.2, -0.15) is 0 Å². The summed E-state index contributed by atoms with van der Waals surface area (Å²) in [4.78, 5) is 4.34. The third-order valence-electron chi connectivity index (χ3n) is 4.21. The van der Waals surface area contributed by atoms with E-state index in [1.165, 1.54) is 0 Å². The molecule has 1 aromatic heterocycles. The van der Waals surface area contributed by atoms with E-state index in [-0.39, 0.29) is 12.2 Å². The van der Waals surface area contributed by atoms with Gasteiger partial charge < -0.3 is 9.84 Å². The Balaban J connectivity index is 1.81. The Morgan fingerprint density at radius 2 is 2.05 bits per heavy atom. The smallest absolute Gasteiger partial charge is 0.127 e. The van der Waals surface area contributed by atoms with Gasteiger partial charge in [-0.3, -0.25) is 4.98 Å². The molecule has 2 aromatic rings. The quantitative estimate of drug-likeness (QED) is 0.910. The highest BCUT2D eigenvalue weighted by Crippen LogP contribution is 2.32. The summed E-state index contributed by atoms with van der Waals surface area (Å²) in [6.45, 7) is 4.35. The summed E-state index contributed by atoms with van der Waals surface area (Å²) in [5.41, 5.74) is 0.927. The zero-order chi connectivity index (χ0) is 14.1. The van der Waals surface area contributed by atoms with E-state index in [9.17, 15) is 5.11 Å². The summed E-state index contributed by atoms with van der Waals surface area (Å²) < 4.78 is 6.05. The minimum atomic E-state index is -0.381. The van der Waals surface area contributed by atoms with E-state index >= 15 is 0 Å². The van der Waals surface area contributed by atoms with Crippen molar-refractivity contribution < 1.29 is 9.84 Å². The van der Waals surface area contributed by atoms with Crippen LogP contribution in [0.1, 0.15) is 26.7 Å². The molecule has 3 rings (SSSR count). The molecule has 3 nitrogen and oxygen atoms in total. The highest BCUT2D eigenvalue weighted by Gasteiger charge is 2.34. The molecule has 1 aliphatic carbocycles. The van der Waals surface area contributed by atoms with Crippen LogP contribution in [0.5, 0.6) is 5.75 Å². The first-order valence-corrected chi connectivity index (χ1v) is 7.33. The molecule has 0 bridgehead atoms. The van der Waals surface area contributed by atoms with E-state index in [1.54, 1.807) is 6.20 Å². The molecule has 3 heteroatoms. The molecule has 4 unspecified atom stereocenters. The maximum absolute atomic E-state index is 10.2. The molecule has 1 fully saturated rings. The van der Waals surface area contributed by atoms with E-state index < -0.39 is 0 Å². The first-order valence-electron chi connectivity index (χ1n) is 7.33. The van der Waals surface area contributed by atoms with E-state index in [2.05, 4.69) is 18.8 Å². The maximum Gasteiger partial charge on any atom is 0.127 e. The fourth-order valence-electron chi connectivity index (χ4n) is 3.26. The standard InChI is InChI=1S/C17H21NO2/c1-11-8-12(2)17(16(19)9-11)20-14-6-5-13-4-3-7-18-15(13)10-14/h3-7,10-12,16-17,19H,8-9H2,1-2H3. The number of aromatic nitrogens is 1. The van der Waals surface area contributed by atoms with Gasteiger partial charge in [0.25, 0.3) is 0 Å². The van der Waals surface area contributed by atoms with Crippen molar-refractivity contribution >= 4 is 10.9 Å². The molecule has 0 aliphatic heterocycles. The van der Waals surface area contributed by atoms with Crippen LogP contribution < -0.4 is 4.74 Å². The summed E-state index contributed by atoms with van der Waals surface area (Å²) in [6.07, 6.45) is 3.21. The second-order valence-corrected chi connectivity index (χ2v) is 6.06. The highest BCUT2D eigenvalue weighted by molar-refractivity contribution is 5.79. The number of aliphatic hydroxyl groups excluding tert-OH is 1. The normalized spacial score (nSPS) is 30.4. The predicted octanol–water partition coefficient (Wildman–Crippen LogP) is 3.41. The Morgan fingerprint density at radius 3 is 2.85 bits per heavy atom. The molecule has 106 valence electrons. The van der Waals surface area contributed by atoms with Gasteiger partial charge in [0.05, 0.1) is 11.6 Å². The number of rotatable bonds is 2. The lowest BCUT2D eigenvalue weighted by molar-refractivity contribution is -0.0388. The molecule has 1 N–H and O–H groups in total. The van der Waals surface area contributed by atoms with Crippen LogP contribution in [0.25, 0.3) is 10.9 Å². The van der Waals surface area contributed by atoms with Gasteiger partial charge in [0, 0.05) is 17.6 Å². The Morgan fingerprint density at radius 1 is 1.20 bits per heavy atom. The van der Waals surface area contributed by atoms with Gasteiger partial charge in [-0.15, -0.1) is 0 Å². The van der Waals surface area contributed by atoms with Crippen LogP contribution in [0.15, 0.2) is 36.5 Å². The maximum atomic E-state index is 10.2. The Bertz CT molecular complexity index is 586. The molecule has 1 heterocycles. The summed E-state index contributed by atoms with van der Waals surface area (Å²) in [5, 5.41) is 11.3. The number of hydrogen-bond acceptors (Lipinski definition) is 3. The van der Waals surface area contributed by atoms with Crippen molar-refractivity contribution in [2.45, 2.75) is 38.9 Å². The van der Waals surface area contributed by atoms with Crippen molar-refractivity contribution in [2.24, 2.45) is 11.8 Å². The SMILES string of the molecule is CC1CC(C)C(Oc2ccc3cccnc3c2)C(O)C1. The third-order valence-corrected chi connectivity index (χ3v) is 4.21. The van der Waals surface area contributed by atoms with Crippen molar-refractivity contribution in [3.63, 3.8) is 0 Å². The van der Waals surface area contributed by atoms with Crippen molar-refractivity contribution in [3.05, 3.63) is 36.5 Å². The summed E-state index contributed by atoms with van der Waals surface area (Å²) >= 11 is 0. The summed E-state index contributed by atoms with van der Waals surface area (Å²) in [5.74, 6) is 1.73. The number of fused-ring (bicyclic) bond motifs is 1. The molecule has 0 spiro atoms. The van der Waals surface area contributed by atoms with Gasteiger partial charge in [-0.05, 0) is 42.9 Å². The second kappa shape index (κ2) is 5.41. The number of aliphatic hydroxyl groups is 1. The van der Waals surface area contributed by atoms with Gasteiger partial charge >= 0.3 is 0 Å². The Labute approximate surface area is 119 Å². The number of hydrogen-bond donors (Lipinski definition) is 1. The zero-order valence-corrected chi connectivity index (χ0v) is 12.0. The molecular formula is C17H21NO2. The molecule has 4 atom stereocenters. The van der Waals surface area contributed by atoms with E-state index in [4.69, 9.17) is 4.74 Å². The zero-order valence-electron chi connectivity index (χ0n) is 12.0. The largest absolute Gasteiger partial charge is 0.487 e. The molecular weight excluding hydrogens is 250 g/mol. The van der Waals surface area contributed by atoms with Gasteiger partial charge in [-0.1, -0.05) is 19.9 Å². The second-order valence-electron chi connectivity index (χ2n) is 6.06. The van der Waals surface area contributed by atoms with E-state index in [0.29, 0.717) is 11.8 Å². The van der Waals surface area contributed by atoms with Gasteiger partial charge in [0.1, 0.15) is 11.9 Å². The van der Waals surface area contributed by atoms with Gasteiger partial charge in [-0.25, -0.2) is 0 Å². The van der Waals surface area contributed by atoms with Crippen LogP contribution in [-0.4, -0.2) is 22.3 Å². The highest BCUT2D eigenvalue weighted by atomic mass is 16.5. The van der Waals surface area contributed by atoms with Crippen molar-refractivity contribution in [1.82, 2.24) is 4.98 Å². The minimum absolute atomic E-state index is 0.118. The molecule has 0 amide bonds. The van der Waals surface area contributed by atoms with Crippen LogP contribution in [-0.2, 0) is 0 Å².